The lowest BCUT2D eigenvalue weighted by Crippen LogP contribution is -2.20. The van der Waals surface area contributed by atoms with E-state index >= 15 is 0 Å². The van der Waals surface area contributed by atoms with Crippen LogP contribution in [0.25, 0.3) is 6.08 Å². The van der Waals surface area contributed by atoms with Gasteiger partial charge >= 0.3 is 0 Å². The molecule has 0 bridgehead atoms. The largest absolute Gasteiger partial charge is 0.348 e. The molecule has 2 N–H and O–H groups in total. The van der Waals surface area contributed by atoms with Gasteiger partial charge in [0.2, 0.25) is 5.91 Å². The average Bonchev–Trinajstić information content (AvgIpc) is 2.73. The molecule has 2 amide bonds. The van der Waals surface area contributed by atoms with Gasteiger partial charge in [-0.1, -0.05) is 42.0 Å². The van der Waals surface area contributed by atoms with Gasteiger partial charge in [0.15, 0.2) is 0 Å². The van der Waals surface area contributed by atoms with E-state index in [1.54, 1.807) is 30.5 Å². The fourth-order valence-corrected chi connectivity index (χ4v) is 2.56. The number of anilines is 1. The zero-order valence-corrected chi connectivity index (χ0v) is 15.6. The summed E-state index contributed by atoms with van der Waals surface area (Å²) in [5.74, 6) is -0.402. The van der Waals surface area contributed by atoms with E-state index in [1.165, 1.54) is 17.8 Å². The Hall–Kier alpha value is -3.73. The Kier molecular flexibility index (Phi) is 6.31. The summed E-state index contributed by atoms with van der Waals surface area (Å²) in [6, 6.07) is 18.7. The minimum Gasteiger partial charge on any atom is -0.348 e. The molecule has 5 nitrogen and oxygen atoms in total. The fourth-order valence-electron chi connectivity index (χ4n) is 2.56. The first-order valence-corrected chi connectivity index (χ1v) is 8.93. The van der Waals surface area contributed by atoms with Gasteiger partial charge in [0, 0.05) is 30.7 Å². The lowest BCUT2D eigenvalue weighted by Gasteiger charge is -2.08. The molecule has 5 heteroatoms. The third kappa shape index (κ3) is 5.64. The van der Waals surface area contributed by atoms with Gasteiger partial charge in [-0.25, -0.2) is 0 Å². The standard InChI is InChI=1S/C23H21N3O2/c1-17-7-9-18(10-8-17)11-12-22(27)25-15-19-4-2-6-21(14-19)26-23(28)20-5-3-13-24-16-20/h2-14,16H,15H2,1H3,(H,25,27)(H,26,28)/b12-11+. The molecular formula is C23H21N3O2. The predicted molar refractivity (Wildman–Crippen MR) is 111 cm³/mol. The van der Waals surface area contributed by atoms with Crippen LogP contribution in [0.3, 0.4) is 0 Å². The van der Waals surface area contributed by atoms with Crippen molar-refractivity contribution in [2.24, 2.45) is 0 Å². The Morgan fingerprint density at radius 3 is 2.61 bits per heavy atom. The van der Waals surface area contributed by atoms with Crippen LogP contribution >= 0.6 is 0 Å². The molecule has 0 spiro atoms. The molecular weight excluding hydrogens is 350 g/mol. The second-order valence-corrected chi connectivity index (χ2v) is 6.36. The van der Waals surface area contributed by atoms with E-state index in [0.29, 0.717) is 17.8 Å². The Morgan fingerprint density at radius 2 is 1.86 bits per heavy atom. The van der Waals surface area contributed by atoms with Crippen molar-refractivity contribution in [3.8, 4) is 0 Å². The number of nitrogens with one attached hydrogen (secondary N) is 2. The molecule has 3 rings (SSSR count). The van der Waals surface area contributed by atoms with Crippen molar-refractivity contribution in [2.75, 3.05) is 5.32 Å². The highest BCUT2D eigenvalue weighted by Gasteiger charge is 2.06. The number of pyridine rings is 1. The van der Waals surface area contributed by atoms with Gasteiger partial charge in [0.25, 0.3) is 5.91 Å². The van der Waals surface area contributed by atoms with Crippen molar-refractivity contribution >= 4 is 23.6 Å². The Labute approximate surface area is 164 Å². The summed E-state index contributed by atoms with van der Waals surface area (Å²) in [4.78, 5) is 28.2. The van der Waals surface area contributed by atoms with Crippen LogP contribution in [0, 0.1) is 6.92 Å². The maximum Gasteiger partial charge on any atom is 0.257 e. The van der Waals surface area contributed by atoms with Crippen LogP contribution in [0.1, 0.15) is 27.0 Å². The summed E-state index contributed by atoms with van der Waals surface area (Å²) in [7, 11) is 0. The second kappa shape index (κ2) is 9.28. The van der Waals surface area contributed by atoms with Crippen molar-refractivity contribution in [1.29, 1.82) is 0 Å². The highest BCUT2D eigenvalue weighted by Crippen LogP contribution is 2.12. The van der Waals surface area contributed by atoms with E-state index < -0.39 is 0 Å². The first-order valence-electron chi connectivity index (χ1n) is 8.93. The van der Waals surface area contributed by atoms with Crippen LogP contribution in [-0.2, 0) is 11.3 Å². The number of carbonyl (C=O) groups is 2. The molecule has 28 heavy (non-hydrogen) atoms. The number of hydrogen-bond donors (Lipinski definition) is 2. The molecule has 2 aromatic carbocycles. The average molecular weight is 371 g/mol. The zero-order valence-electron chi connectivity index (χ0n) is 15.6. The van der Waals surface area contributed by atoms with Gasteiger partial charge in [0.05, 0.1) is 5.56 Å². The van der Waals surface area contributed by atoms with Gasteiger partial charge in [-0.3, -0.25) is 14.6 Å². The van der Waals surface area contributed by atoms with E-state index in [1.807, 2.05) is 49.4 Å². The molecule has 0 aliphatic carbocycles. The number of hydrogen-bond acceptors (Lipinski definition) is 3. The number of rotatable bonds is 6. The SMILES string of the molecule is Cc1ccc(/C=C/C(=O)NCc2cccc(NC(=O)c3cccnc3)c2)cc1. The van der Waals surface area contributed by atoms with Crippen LogP contribution in [0.5, 0.6) is 0 Å². The third-order valence-corrected chi connectivity index (χ3v) is 4.08. The van der Waals surface area contributed by atoms with Crippen LogP contribution in [-0.4, -0.2) is 16.8 Å². The Morgan fingerprint density at radius 1 is 1.04 bits per heavy atom. The molecule has 0 saturated heterocycles. The molecule has 0 saturated carbocycles. The highest BCUT2D eigenvalue weighted by atomic mass is 16.2. The number of nitrogens with zero attached hydrogens (tertiary/aromatic N) is 1. The number of amides is 2. The first kappa shape index (κ1) is 19.0. The van der Waals surface area contributed by atoms with Crippen molar-refractivity contribution in [3.63, 3.8) is 0 Å². The molecule has 3 aromatic rings. The molecule has 140 valence electrons. The monoisotopic (exact) mass is 371 g/mol. The van der Waals surface area contributed by atoms with Crippen molar-refractivity contribution in [3.05, 3.63) is 101 Å². The van der Waals surface area contributed by atoms with Crippen LogP contribution in [0.15, 0.2) is 79.1 Å². The topological polar surface area (TPSA) is 71.1 Å². The summed E-state index contributed by atoms with van der Waals surface area (Å²) < 4.78 is 0. The van der Waals surface area contributed by atoms with Gasteiger partial charge < -0.3 is 10.6 Å². The zero-order chi connectivity index (χ0) is 19.8. The van der Waals surface area contributed by atoms with E-state index in [2.05, 4.69) is 15.6 Å². The summed E-state index contributed by atoms with van der Waals surface area (Å²) in [6.07, 6.45) is 6.42. The van der Waals surface area contributed by atoms with Gasteiger partial charge in [-0.2, -0.15) is 0 Å². The second-order valence-electron chi connectivity index (χ2n) is 6.36. The quantitative estimate of drug-likeness (QED) is 0.644. The van der Waals surface area contributed by atoms with E-state index in [9.17, 15) is 9.59 Å². The molecule has 0 aliphatic rings. The lowest BCUT2D eigenvalue weighted by molar-refractivity contribution is -0.116. The normalized spacial score (nSPS) is 10.6. The van der Waals surface area contributed by atoms with Gasteiger partial charge in [-0.15, -0.1) is 0 Å². The Bertz CT molecular complexity index is 980. The van der Waals surface area contributed by atoms with Crippen LogP contribution < -0.4 is 10.6 Å². The van der Waals surface area contributed by atoms with E-state index in [4.69, 9.17) is 0 Å². The minimum absolute atomic E-state index is 0.176. The van der Waals surface area contributed by atoms with Crippen LogP contribution in [0.2, 0.25) is 0 Å². The number of benzene rings is 2. The smallest absolute Gasteiger partial charge is 0.257 e. The summed E-state index contributed by atoms with van der Waals surface area (Å²) in [6.45, 7) is 2.39. The number of carbonyl (C=O) groups excluding carboxylic acids is 2. The molecule has 0 aliphatic heterocycles. The molecule has 0 unspecified atom stereocenters. The lowest BCUT2D eigenvalue weighted by atomic mass is 10.1. The summed E-state index contributed by atoms with van der Waals surface area (Å²) in [5, 5.41) is 5.68. The molecule has 0 atom stereocenters. The molecule has 1 aromatic heterocycles. The molecule has 1 heterocycles. The maximum absolute atomic E-state index is 12.2. The predicted octanol–water partition coefficient (Wildman–Crippen LogP) is 3.97. The fraction of sp³-hybridized carbons (Fsp3) is 0.0870. The number of aromatic nitrogens is 1. The highest BCUT2D eigenvalue weighted by molar-refractivity contribution is 6.04. The van der Waals surface area contributed by atoms with Crippen LogP contribution in [0.4, 0.5) is 5.69 Å². The number of aryl methyl sites for hydroxylation is 1. The molecule has 0 fully saturated rings. The third-order valence-electron chi connectivity index (χ3n) is 4.08. The van der Waals surface area contributed by atoms with E-state index in [-0.39, 0.29) is 11.8 Å². The summed E-state index contributed by atoms with van der Waals surface area (Å²) in [5.41, 5.74) is 4.19. The van der Waals surface area contributed by atoms with Crippen molar-refractivity contribution < 1.29 is 9.59 Å². The summed E-state index contributed by atoms with van der Waals surface area (Å²) >= 11 is 0. The maximum atomic E-state index is 12.2. The van der Waals surface area contributed by atoms with E-state index in [0.717, 1.165) is 11.1 Å². The Balaban J connectivity index is 1.55. The molecule has 0 radical (unpaired) electrons. The van der Waals surface area contributed by atoms with Gasteiger partial charge in [0.1, 0.15) is 0 Å². The first-order chi connectivity index (χ1) is 13.6. The van der Waals surface area contributed by atoms with Gasteiger partial charge in [-0.05, 0) is 48.4 Å². The van der Waals surface area contributed by atoms with Crippen molar-refractivity contribution in [1.82, 2.24) is 10.3 Å². The van der Waals surface area contributed by atoms with Crippen molar-refractivity contribution in [2.45, 2.75) is 13.5 Å². The minimum atomic E-state index is -0.227.